The van der Waals surface area contributed by atoms with Gasteiger partial charge < -0.3 is 15.4 Å². The fraction of sp³-hybridized carbons (Fsp3) is 0.381. The van der Waals surface area contributed by atoms with Crippen molar-refractivity contribution in [2.24, 2.45) is 0 Å². The third kappa shape index (κ3) is 5.14. The van der Waals surface area contributed by atoms with Crippen LogP contribution >= 0.6 is 0 Å². The van der Waals surface area contributed by atoms with Crippen molar-refractivity contribution in [3.8, 4) is 0 Å². The number of para-hydroxylation sites is 1. The van der Waals surface area contributed by atoms with Crippen molar-refractivity contribution in [2.75, 3.05) is 43.5 Å². The van der Waals surface area contributed by atoms with Gasteiger partial charge in [0.25, 0.3) is 0 Å². The van der Waals surface area contributed by atoms with Crippen LogP contribution in [0.4, 0.5) is 11.4 Å². The van der Waals surface area contributed by atoms with Gasteiger partial charge in [-0.15, -0.1) is 0 Å². The normalized spacial score (nSPS) is 15.1. The SMILES string of the molecule is CCc1ccccc1NCC(=O)Nc1cc(S(=O)(=O)N2CCOCC2)ccc1C. The lowest BCUT2D eigenvalue weighted by atomic mass is 10.1. The summed E-state index contributed by atoms with van der Waals surface area (Å²) in [5.74, 6) is -0.236. The van der Waals surface area contributed by atoms with Crippen molar-refractivity contribution in [3.63, 3.8) is 0 Å². The van der Waals surface area contributed by atoms with E-state index in [0.29, 0.717) is 32.0 Å². The molecule has 1 aliphatic heterocycles. The fourth-order valence-corrected chi connectivity index (χ4v) is 4.64. The van der Waals surface area contributed by atoms with Gasteiger partial charge in [-0.1, -0.05) is 31.2 Å². The second kappa shape index (κ2) is 9.39. The van der Waals surface area contributed by atoms with E-state index >= 15 is 0 Å². The summed E-state index contributed by atoms with van der Waals surface area (Å²) in [6.45, 7) is 5.43. The standard InChI is InChI=1S/C21H27N3O4S/c1-3-17-6-4-5-7-19(17)22-15-21(25)23-20-14-18(9-8-16(20)2)29(26,27)24-10-12-28-13-11-24/h4-9,14,22H,3,10-13,15H2,1-2H3,(H,23,25). The van der Waals surface area contributed by atoms with E-state index in [4.69, 9.17) is 4.74 Å². The topological polar surface area (TPSA) is 87.7 Å². The smallest absolute Gasteiger partial charge is 0.243 e. The first-order chi connectivity index (χ1) is 13.9. The predicted octanol–water partition coefficient (Wildman–Crippen LogP) is 2.63. The summed E-state index contributed by atoms with van der Waals surface area (Å²) in [7, 11) is -3.61. The lowest BCUT2D eigenvalue weighted by Gasteiger charge is -2.26. The Morgan fingerprint density at radius 3 is 2.55 bits per heavy atom. The molecular formula is C21H27N3O4S. The van der Waals surface area contributed by atoms with E-state index in [2.05, 4.69) is 17.6 Å². The maximum absolute atomic E-state index is 12.9. The molecule has 0 bridgehead atoms. The number of benzene rings is 2. The summed E-state index contributed by atoms with van der Waals surface area (Å²) < 4.78 is 32.4. The van der Waals surface area contributed by atoms with Crippen LogP contribution in [0.1, 0.15) is 18.1 Å². The van der Waals surface area contributed by atoms with Gasteiger partial charge in [0, 0.05) is 24.5 Å². The minimum Gasteiger partial charge on any atom is -0.379 e. The van der Waals surface area contributed by atoms with Gasteiger partial charge in [0.2, 0.25) is 15.9 Å². The van der Waals surface area contributed by atoms with Crippen LogP contribution in [0.15, 0.2) is 47.4 Å². The maximum atomic E-state index is 12.9. The number of nitrogens with one attached hydrogen (secondary N) is 2. The van der Waals surface area contributed by atoms with Crippen molar-refractivity contribution in [1.29, 1.82) is 0 Å². The number of anilines is 2. The average molecular weight is 418 g/mol. The molecule has 0 radical (unpaired) electrons. The molecule has 8 heteroatoms. The highest BCUT2D eigenvalue weighted by Gasteiger charge is 2.26. The summed E-state index contributed by atoms with van der Waals surface area (Å²) in [4.78, 5) is 12.6. The van der Waals surface area contributed by atoms with E-state index in [-0.39, 0.29) is 17.3 Å². The number of sulfonamides is 1. The highest BCUT2D eigenvalue weighted by atomic mass is 32.2. The van der Waals surface area contributed by atoms with E-state index < -0.39 is 10.0 Å². The molecule has 1 saturated heterocycles. The zero-order valence-electron chi connectivity index (χ0n) is 16.8. The molecule has 1 aliphatic rings. The van der Waals surface area contributed by atoms with Crippen LogP contribution < -0.4 is 10.6 Å². The van der Waals surface area contributed by atoms with Gasteiger partial charge in [0.05, 0.1) is 24.7 Å². The maximum Gasteiger partial charge on any atom is 0.243 e. The van der Waals surface area contributed by atoms with Crippen LogP contribution in [-0.2, 0) is 26.0 Å². The summed E-state index contributed by atoms with van der Waals surface area (Å²) in [6, 6.07) is 12.7. The van der Waals surface area contributed by atoms with Gasteiger partial charge in [0.1, 0.15) is 0 Å². The lowest BCUT2D eigenvalue weighted by Crippen LogP contribution is -2.40. The van der Waals surface area contributed by atoms with Crippen LogP contribution in [-0.4, -0.2) is 51.5 Å². The minimum atomic E-state index is -3.61. The molecule has 7 nitrogen and oxygen atoms in total. The molecule has 156 valence electrons. The molecule has 2 N–H and O–H groups in total. The van der Waals surface area contributed by atoms with Crippen molar-refractivity contribution in [3.05, 3.63) is 53.6 Å². The number of aryl methyl sites for hydroxylation is 2. The minimum absolute atomic E-state index is 0.0941. The lowest BCUT2D eigenvalue weighted by molar-refractivity contribution is -0.114. The Labute approximate surface area is 172 Å². The molecule has 1 amide bonds. The highest BCUT2D eigenvalue weighted by Crippen LogP contribution is 2.24. The first-order valence-corrected chi connectivity index (χ1v) is 11.2. The molecule has 0 unspecified atom stereocenters. The Hall–Kier alpha value is -2.42. The number of carbonyl (C=O) groups is 1. The summed E-state index contributed by atoms with van der Waals surface area (Å²) >= 11 is 0. The van der Waals surface area contributed by atoms with Gasteiger partial charge in [0.15, 0.2) is 0 Å². The molecule has 2 aromatic carbocycles. The number of ether oxygens (including phenoxy) is 1. The molecule has 2 aromatic rings. The van der Waals surface area contributed by atoms with Crippen molar-refractivity contribution in [2.45, 2.75) is 25.2 Å². The van der Waals surface area contributed by atoms with Crippen LogP contribution in [0, 0.1) is 6.92 Å². The van der Waals surface area contributed by atoms with E-state index in [9.17, 15) is 13.2 Å². The summed E-state index contributed by atoms with van der Waals surface area (Å²) in [5.41, 5.74) is 3.35. The van der Waals surface area contributed by atoms with E-state index in [1.54, 1.807) is 12.1 Å². The van der Waals surface area contributed by atoms with Gasteiger partial charge in [-0.25, -0.2) is 8.42 Å². The first-order valence-electron chi connectivity index (χ1n) is 9.72. The number of nitrogens with zero attached hydrogens (tertiary/aromatic N) is 1. The van der Waals surface area contributed by atoms with Crippen molar-refractivity contribution >= 4 is 27.3 Å². The summed E-state index contributed by atoms with van der Waals surface area (Å²) in [5, 5.41) is 5.97. The second-order valence-electron chi connectivity index (χ2n) is 6.91. The fourth-order valence-electron chi connectivity index (χ4n) is 3.20. The number of rotatable bonds is 7. The van der Waals surface area contributed by atoms with E-state index in [0.717, 1.165) is 23.2 Å². The van der Waals surface area contributed by atoms with Crippen molar-refractivity contribution < 1.29 is 17.9 Å². The zero-order chi connectivity index (χ0) is 20.9. The number of amides is 1. The highest BCUT2D eigenvalue weighted by molar-refractivity contribution is 7.89. The molecule has 0 saturated carbocycles. The number of morpholine rings is 1. The van der Waals surface area contributed by atoms with Crippen molar-refractivity contribution in [1.82, 2.24) is 4.31 Å². The molecule has 1 fully saturated rings. The molecule has 29 heavy (non-hydrogen) atoms. The van der Waals surface area contributed by atoms with Crippen LogP contribution in [0.2, 0.25) is 0 Å². The zero-order valence-corrected chi connectivity index (χ0v) is 17.6. The largest absolute Gasteiger partial charge is 0.379 e. The Kier molecular flexibility index (Phi) is 6.89. The molecule has 1 heterocycles. The van der Waals surface area contributed by atoms with E-state index in [1.165, 1.54) is 10.4 Å². The van der Waals surface area contributed by atoms with Gasteiger partial charge in [-0.2, -0.15) is 4.31 Å². The average Bonchev–Trinajstić information content (AvgIpc) is 2.74. The molecule has 0 aliphatic carbocycles. The number of carbonyl (C=O) groups excluding carboxylic acids is 1. The Morgan fingerprint density at radius 1 is 1.10 bits per heavy atom. The molecule has 0 atom stereocenters. The Balaban J connectivity index is 1.70. The molecular weight excluding hydrogens is 390 g/mol. The predicted molar refractivity (Wildman–Crippen MR) is 114 cm³/mol. The quantitative estimate of drug-likeness (QED) is 0.723. The van der Waals surface area contributed by atoms with Crippen LogP contribution in [0.25, 0.3) is 0 Å². The number of hydrogen-bond acceptors (Lipinski definition) is 5. The molecule has 0 spiro atoms. The monoisotopic (exact) mass is 417 g/mol. The van der Waals surface area contributed by atoms with Gasteiger partial charge in [-0.3, -0.25) is 4.79 Å². The first kappa shape index (κ1) is 21.3. The third-order valence-electron chi connectivity index (χ3n) is 4.93. The third-order valence-corrected chi connectivity index (χ3v) is 6.82. The Bertz CT molecular complexity index is 970. The summed E-state index contributed by atoms with van der Waals surface area (Å²) in [6.07, 6.45) is 0.866. The second-order valence-corrected chi connectivity index (χ2v) is 8.84. The molecule has 3 rings (SSSR count). The van der Waals surface area contributed by atoms with Gasteiger partial charge >= 0.3 is 0 Å². The van der Waals surface area contributed by atoms with Crippen LogP contribution in [0.5, 0.6) is 0 Å². The number of hydrogen-bond donors (Lipinski definition) is 2. The van der Waals surface area contributed by atoms with Gasteiger partial charge in [-0.05, 0) is 42.7 Å². The van der Waals surface area contributed by atoms with Crippen LogP contribution in [0.3, 0.4) is 0 Å². The van der Waals surface area contributed by atoms with E-state index in [1.807, 2.05) is 31.2 Å². The molecule has 0 aromatic heterocycles. The Morgan fingerprint density at radius 2 is 1.83 bits per heavy atom.